The summed E-state index contributed by atoms with van der Waals surface area (Å²) in [6.45, 7) is 5.42. The van der Waals surface area contributed by atoms with Crippen molar-refractivity contribution in [2.75, 3.05) is 13.2 Å². The van der Waals surface area contributed by atoms with Gasteiger partial charge in [0.15, 0.2) is 0 Å². The average Bonchev–Trinajstić information content (AvgIpc) is 3.16. The van der Waals surface area contributed by atoms with Gasteiger partial charge in [0.05, 0.1) is 24.8 Å². The van der Waals surface area contributed by atoms with E-state index in [0.29, 0.717) is 35.8 Å². The van der Waals surface area contributed by atoms with Gasteiger partial charge in [-0.1, -0.05) is 68.4 Å². The molecule has 0 aliphatic carbocycles. The Kier molecular flexibility index (Phi) is 8.06. The van der Waals surface area contributed by atoms with Crippen LogP contribution in [0, 0.1) is 0 Å². The number of rotatable bonds is 10. The van der Waals surface area contributed by atoms with E-state index in [1.165, 1.54) is 4.90 Å². The van der Waals surface area contributed by atoms with Crippen LogP contribution in [0.1, 0.15) is 49.4 Å². The van der Waals surface area contributed by atoms with Crippen molar-refractivity contribution in [2.45, 2.75) is 39.3 Å². The fourth-order valence-electron chi connectivity index (χ4n) is 4.24. The van der Waals surface area contributed by atoms with Gasteiger partial charge in [-0.15, -0.1) is 0 Å². The number of likely N-dealkylation sites (tertiary alicyclic amines) is 1. The number of ketones is 1. The van der Waals surface area contributed by atoms with Gasteiger partial charge < -0.3 is 19.5 Å². The number of amides is 1. The summed E-state index contributed by atoms with van der Waals surface area (Å²) in [6.07, 6.45) is 1.73. The highest BCUT2D eigenvalue weighted by Crippen LogP contribution is 2.41. The molecule has 1 aliphatic heterocycles. The number of hydrogen-bond acceptors (Lipinski definition) is 5. The Labute approximate surface area is 211 Å². The minimum absolute atomic E-state index is 0.0609. The SMILES string of the molecule is CCCOc1ccc(C2/C(=C(\O)c3cccc(OCCC)c3)C(=O)C(=O)N2Cc2ccccc2)cc1. The van der Waals surface area contributed by atoms with E-state index in [2.05, 4.69) is 0 Å². The number of benzene rings is 3. The number of carbonyl (C=O) groups is 2. The van der Waals surface area contributed by atoms with Crippen LogP contribution in [-0.4, -0.2) is 34.9 Å². The largest absolute Gasteiger partial charge is 0.507 e. The predicted octanol–water partition coefficient (Wildman–Crippen LogP) is 5.89. The topological polar surface area (TPSA) is 76.1 Å². The molecule has 3 aromatic rings. The first kappa shape index (κ1) is 25.0. The predicted molar refractivity (Wildman–Crippen MR) is 139 cm³/mol. The molecule has 1 amide bonds. The molecule has 4 rings (SSSR count). The number of nitrogens with zero attached hydrogens (tertiary/aromatic N) is 1. The van der Waals surface area contributed by atoms with Gasteiger partial charge in [0.2, 0.25) is 0 Å². The van der Waals surface area contributed by atoms with Crippen LogP contribution in [-0.2, 0) is 16.1 Å². The molecule has 186 valence electrons. The Bertz CT molecular complexity index is 1230. The molecular weight excluding hydrogens is 454 g/mol. The van der Waals surface area contributed by atoms with E-state index < -0.39 is 17.7 Å². The molecule has 0 saturated carbocycles. The molecule has 3 aromatic carbocycles. The summed E-state index contributed by atoms with van der Waals surface area (Å²) >= 11 is 0. The van der Waals surface area contributed by atoms with Gasteiger partial charge in [0, 0.05) is 12.1 Å². The third-order valence-corrected chi connectivity index (χ3v) is 5.98. The normalized spacial score (nSPS) is 16.8. The first-order chi connectivity index (χ1) is 17.5. The van der Waals surface area contributed by atoms with Gasteiger partial charge in [-0.25, -0.2) is 0 Å². The molecule has 6 nitrogen and oxygen atoms in total. The molecule has 0 radical (unpaired) electrons. The number of carbonyl (C=O) groups excluding carboxylic acids is 2. The van der Waals surface area contributed by atoms with E-state index in [9.17, 15) is 14.7 Å². The van der Waals surface area contributed by atoms with Gasteiger partial charge in [-0.05, 0) is 48.2 Å². The van der Waals surface area contributed by atoms with Crippen LogP contribution in [0.4, 0.5) is 0 Å². The summed E-state index contributed by atoms with van der Waals surface area (Å²) in [5.74, 6) is -0.272. The second-order valence-electron chi connectivity index (χ2n) is 8.71. The number of hydrogen-bond donors (Lipinski definition) is 1. The number of aliphatic hydroxyl groups is 1. The minimum Gasteiger partial charge on any atom is -0.507 e. The first-order valence-electron chi connectivity index (χ1n) is 12.3. The molecule has 1 atom stereocenters. The highest BCUT2D eigenvalue weighted by Gasteiger charge is 2.46. The van der Waals surface area contributed by atoms with Gasteiger partial charge in [0.1, 0.15) is 17.3 Å². The van der Waals surface area contributed by atoms with E-state index >= 15 is 0 Å². The maximum absolute atomic E-state index is 13.3. The van der Waals surface area contributed by atoms with Gasteiger partial charge in [-0.2, -0.15) is 0 Å². The standard InChI is InChI=1S/C30H31NO5/c1-3-17-35-24-15-13-22(14-16-24)27-26(28(32)23-11-8-12-25(19-23)36-18-4-2)29(33)30(34)31(27)20-21-9-6-5-7-10-21/h5-16,19,27,32H,3-4,17-18,20H2,1-2H3/b28-26+. The fraction of sp³-hybridized carbons (Fsp3) is 0.267. The van der Waals surface area contributed by atoms with Crippen LogP contribution in [0.2, 0.25) is 0 Å². The van der Waals surface area contributed by atoms with E-state index in [4.69, 9.17) is 9.47 Å². The van der Waals surface area contributed by atoms with E-state index in [1.807, 2.05) is 68.4 Å². The van der Waals surface area contributed by atoms with Crippen molar-refractivity contribution in [3.8, 4) is 11.5 Å². The summed E-state index contributed by atoms with van der Waals surface area (Å²) in [6, 6.07) is 23.0. The molecule has 1 unspecified atom stereocenters. The summed E-state index contributed by atoms with van der Waals surface area (Å²) in [4.78, 5) is 28.1. The summed E-state index contributed by atoms with van der Waals surface area (Å²) in [7, 11) is 0. The van der Waals surface area contributed by atoms with Crippen LogP contribution < -0.4 is 9.47 Å². The maximum atomic E-state index is 13.3. The summed E-state index contributed by atoms with van der Waals surface area (Å²) < 4.78 is 11.4. The Hall–Kier alpha value is -4.06. The lowest BCUT2D eigenvalue weighted by Crippen LogP contribution is -2.29. The van der Waals surface area contributed by atoms with E-state index in [-0.39, 0.29) is 17.9 Å². The van der Waals surface area contributed by atoms with E-state index in [1.54, 1.807) is 24.3 Å². The van der Waals surface area contributed by atoms with E-state index in [0.717, 1.165) is 18.4 Å². The lowest BCUT2D eigenvalue weighted by atomic mass is 9.95. The van der Waals surface area contributed by atoms with Crippen molar-refractivity contribution in [2.24, 2.45) is 0 Å². The highest BCUT2D eigenvalue weighted by atomic mass is 16.5. The lowest BCUT2D eigenvalue weighted by Gasteiger charge is -2.25. The molecule has 36 heavy (non-hydrogen) atoms. The van der Waals surface area contributed by atoms with Crippen molar-refractivity contribution in [1.82, 2.24) is 4.90 Å². The Morgan fingerprint density at radius 2 is 1.50 bits per heavy atom. The molecule has 0 bridgehead atoms. The molecule has 6 heteroatoms. The summed E-state index contributed by atoms with van der Waals surface area (Å²) in [5.41, 5.74) is 2.09. The van der Waals surface area contributed by atoms with Crippen LogP contribution in [0.3, 0.4) is 0 Å². The van der Waals surface area contributed by atoms with Crippen molar-refractivity contribution in [3.05, 3.63) is 101 Å². The number of ether oxygens (including phenoxy) is 2. The molecule has 0 aromatic heterocycles. The molecule has 1 fully saturated rings. The Morgan fingerprint density at radius 1 is 0.833 bits per heavy atom. The zero-order valence-electron chi connectivity index (χ0n) is 20.6. The highest BCUT2D eigenvalue weighted by molar-refractivity contribution is 6.46. The third kappa shape index (κ3) is 5.43. The third-order valence-electron chi connectivity index (χ3n) is 5.98. The molecule has 1 aliphatic rings. The summed E-state index contributed by atoms with van der Waals surface area (Å²) in [5, 5.41) is 11.3. The van der Waals surface area contributed by atoms with Crippen molar-refractivity contribution in [1.29, 1.82) is 0 Å². The number of Topliss-reactive ketones (excluding diaryl/α,β-unsaturated/α-hetero) is 1. The second kappa shape index (κ2) is 11.6. The smallest absolute Gasteiger partial charge is 0.295 e. The first-order valence-corrected chi connectivity index (χ1v) is 12.3. The van der Waals surface area contributed by atoms with Crippen molar-refractivity contribution in [3.63, 3.8) is 0 Å². The van der Waals surface area contributed by atoms with Gasteiger partial charge >= 0.3 is 0 Å². The van der Waals surface area contributed by atoms with Gasteiger partial charge in [-0.3, -0.25) is 9.59 Å². The second-order valence-corrected chi connectivity index (χ2v) is 8.71. The molecule has 1 saturated heterocycles. The molecule has 1 heterocycles. The zero-order chi connectivity index (χ0) is 25.5. The van der Waals surface area contributed by atoms with Crippen molar-refractivity contribution >= 4 is 17.4 Å². The van der Waals surface area contributed by atoms with Crippen LogP contribution in [0.15, 0.2) is 84.4 Å². The van der Waals surface area contributed by atoms with Crippen LogP contribution >= 0.6 is 0 Å². The molecule has 0 spiro atoms. The molecular formula is C30H31NO5. The lowest BCUT2D eigenvalue weighted by molar-refractivity contribution is -0.140. The number of aliphatic hydroxyl groups excluding tert-OH is 1. The van der Waals surface area contributed by atoms with Crippen LogP contribution in [0.5, 0.6) is 11.5 Å². The monoisotopic (exact) mass is 485 g/mol. The quantitative estimate of drug-likeness (QED) is 0.220. The fourth-order valence-corrected chi connectivity index (χ4v) is 4.24. The minimum atomic E-state index is -0.745. The van der Waals surface area contributed by atoms with Gasteiger partial charge in [0.25, 0.3) is 11.7 Å². The zero-order valence-corrected chi connectivity index (χ0v) is 20.6. The van der Waals surface area contributed by atoms with Crippen LogP contribution in [0.25, 0.3) is 5.76 Å². The molecule has 1 N–H and O–H groups in total. The van der Waals surface area contributed by atoms with Crippen molar-refractivity contribution < 1.29 is 24.2 Å². The average molecular weight is 486 g/mol. The maximum Gasteiger partial charge on any atom is 0.295 e. The Morgan fingerprint density at radius 3 is 2.17 bits per heavy atom. The Balaban J connectivity index is 1.78.